The second-order valence-corrected chi connectivity index (χ2v) is 8.72. The molecule has 3 aliphatic rings. The molecule has 0 amide bonds. The van der Waals surface area contributed by atoms with Crippen molar-refractivity contribution in [2.24, 2.45) is 5.92 Å². The van der Waals surface area contributed by atoms with Crippen LogP contribution >= 0.6 is 0 Å². The monoisotopic (exact) mass is 375 g/mol. The van der Waals surface area contributed by atoms with E-state index in [1.54, 1.807) is 0 Å². The normalized spacial score (nSPS) is 26.1. The van der Waals surface area contributed by atoms with Gasteiger partial charge < -0.3 is 0 Å². The van der Waals surface area contributed by atoms with Crippen LogP contribution in [0.1, 0.15) is 66.1 Å². The number of hydrogen-bond donors (Lipinski definition) is 0. The van der Waals surface area contributed by atoms with E-state index in [2.05, 4.69) is 86.7 Å². The average Bonchev–Trinajstić information content (AvgIpc) is 3.05. The van der Waals surface area contributed by atoms with Gasteiger partial charge in [0, 0.05) is 17.7 Å². The summed E-state index contributed by atoms with van der Waals surface area (Å²) in [6.07, 6.45) is 8.84. The maximum atomic E-state index is 4.89. The van der Waals surface area contributed by atoms with Crippen LogP contribution in [0.15, 0.2) is 84.6 Å². The maximum Gasteiger partial charge on any atom is 0.0749 e. The fraction of sp³-hybridized carbons (Fsp3) is 0.250. The van der Waals surface area contributed by atoms with E-state index < -0.39 is 0 Å². The molecule has 2 aromatic carbocycles. The predicted octanol–water partition coefficient (Wildman–Crippen LogP) is 6.63. The fourth-order valence-electron chi connectivity index (χ4n) is 6.18. The number of nitrogens with zero attached hydrogens (tertiary/aromatic N) is 1. The summed E-state index contributed by atoms with van der Waals surface area (Å²) in [5.41, 5.74) is 11.1. The molecule has 1 nitrogen and oxygen atoms in total. The first kappa shape index (κ1) is 17.0. The Kier molecular flexibility index (Phi) is 3.53. The zero-order valence-electron chi connectivity index (χ0n) is 17.0. The Morgan fingerprint density at radius 2 is 1.55 bits per heavy atom. The van der Waals surface area contributed by atoms with Gasteiger partial charge in [-0.05, 0) is 58.2 Å². The second kappa shape index (κ2) is 6.03. The summed E-state index contributed by atoms with van der Waals surface area (Å²) in [6.45, 7) is 4.65. The molecule has 0 fully saturated rings. The van der Waals surface area contributed by atoms with Crippen LogP contribution in [0, 0.1) is 5.92 Å². The quantitative estimate of drug-likeness (QED) is 0.465. The zero-order valence-corrected chi connectivity index (χ0v) is 17.0. The molecule has 3 aliphatic carbocycles. The van der Waals surface area contributed by atoms with Crippen LogP contribution < -0.4 is 0 Å². The van der Waals surface area contributed by atoms with Gasteiger partial charge in [0.15, 0.2) is 0 Å². The van der Waals surface area contributed by atoms with Crippen LogP contribution in [0.2, 0.25) is 0 Å². The number of pyridine rings is 1. The summed E-state index contributed by atoms with van der Waals surface area (Å²) in [5, 5.41) is 0. The molecule has 0 N–H and O–H groups in total. The Morgan fingerprint density at radius 3 is 2.24 bits per heavy atom. The molecule has 1 spiro atoms. The summed E-state index contributed by atoms with van der Waals surface area (Å²) in [6, 6.07) is 22.8. The minimum absolute atomic E-state index is 0.212. The molecule has 29 heavy (non-hydrogen) atoms. The highest BCUT2D eigenvalue weighted by Gasteiger charge is 2.53. The van der Waals surface area contributed by atoms with E-state index in [0.717, 1.165) is 12.8 Å². The lowest BCUT2D eigenvalue weighted by Gasteiger charge is -2.44. The molecule has 142 valence electrons. The lowest BCUT2D eigenvalue weighted by Crippen LogP contribution is -2.37. The van der Waals surface area contributed by atoms with Crippen molar-refractivity contribution in [1.82, 2.24) is 4.98 Å². The van der Waals surface area contributed by atoms with Gasteiger partial charge in [-0.15, -0.1) is 0 Å². The minimum atomic E-state index is -0.212. The van der Waals surface area contributed by atoms with Crippen LogP contribution in [0.4, 0.5) is 0 Å². The van der Waals surface area contributed by atoms with Gasteiger partial charge in [0.05, 0.1) is 11.1 Å². The third-order valence-corrected chi connectivity index (χ3v) is 7.25. The van der Waals surface area contributed by atoms with Crippen LogP contribution in [-0.4, -0.2) is 4.98 Å². The van der Waals surface area contributed by atoms with Crippen molar-refractivity contribution >= 4 is 5.57 Å². The zero-order chi connectivity index (χ0) is 19.6. The maximum absolute atomic E-state index is 4.89. The molecule has 0 aliphatic heterocycles. The summed E-state index contributed by atoms with van der Waals surface area (Å²) in [4.78, 5) is 4.89. The summed E-state index contributed by atoms with van der Waals surface area (Å²) >= 11 is 0. The van der Waals surface area contributed by atoms with Gasteiger partial charge in [0.1, 0.15) is 0 Å². The lowest BCUT2D eigenvalue weighted by molar-refractivity contribution is 0.584. The van der Waals surface area contributed by atoms with E-state index in [-0.39, 0.29) is 5.41 Å². The highest BCUT2D eigenvalue weighted by atomic mass is 14.7. The van der Waals surface area contributed by atoms with Crippen LogP contribution in [0.5, 0.6) is 0 Å². The Bertz CT molecular complexity index is 1150. The minimum Gasteiger partial charge on any atom is -0.256 e. The van der Waals surface area contributed by atoms with Crippen LogP contribution in [0.25, 0.3) is 5.57 Å². The third-order valence-electron chi connectivity index (χ3n) is 7.25. The molecule has 0 saturated carbocycles. The largest absolute Gasteiger partial charge is 0.256 e. The first-order chi connectivity index (χ1) is 14.3. The van der Waals surface area contributed by atoms with Gasteiger partial charge in [0.25, 0.3) is 0 Å². The Hall–Kier alpha value is -2.93. The molecule has 1 heterocycles. The van der Waals surface area contributed by atoms with Crippen LogP contribution in [-0.2, 0) is 5.41 Å². The van der Waals surface area contributed by atoms with Crippen molar-refractivity contribution in [2.75, 3.05) is 0 Å². The first-order valence-corrected chi connectivity index (χ1v) is 10.8. The van der Waals surface area contributed by atoms with E-state index in [4.69, 9.17) is 4.98 Å². The molecule has 1 heteroatoms. The number of fused-ring (bicyclic) bond motifs is 8. The summed E-state index contributed by atoms with van der Waals surface area (Å²) < 4.78 is 0. The lowest BCUT2D eigenvalue weighted by atomic mass is 9.57. The van der Waals surface area contributed by atoms with Gasteiger partial charge in [-0.2, -0.15) is 0 Å². The van der Waals surface area contributed by atoms with Crippen molar-refractivity contribution < 1.29 is 0 Å². The standard InChI is InChI=1S/C28H25N/c1-3-19-20-9-4-6-11-23(20)28(24-12-7-5-10-21(19)24)25-13-8-16-29-27(25)22-15-14-18(2)17-26(22)28/h4-16,18-19H,3,17H2,1-2H3. The van der Waals surface area contributed by atoms with Crippen LogP contribution in [0.3, 0.4) is 0 Å². The van der Waals surface area contributed by atoms with Gasteiger partial charge >= 0.3 is 0 Å². The molecular formula is C28H25N. The second-order valence-electron chi connectivity index (χ2n) is 8.72. The molecule has 0 bridgehead atoms. The number of rotatable bonds is 1. The van der Waals surface area contributed by atoms with Gasteiger partial charge in [-0.25, -0.2) is 0 Å². The molecule has 6 rings (SSSR count). The van der Waals surface area contributed by atoms with Crippen molar-refractivity contribution in [3.63, 3.8) is 0 Å². The highest BCUT2D eigenvalue weighted by molar-refractivity contribution is 5.90. The molecule has 0 saturated heterocycles. The van der Waals surface area contributed by atoms with E-state index in [9.17, 15) is 0 Å². The van der Waals surface area contributed by atoms with Crippen molar-refractivity contribution in [3.05, 3.63) is 118 Å². The fourth-order valence-corrected chi connectivity index (χ4v) is 6.18. The van der Waals surface area contributed by atoms with Crippen molar-refractivity contribution in [1.29, 1.82) is 0 Å². The number of aromatic nitrogens is 1. The Morgan fingerprint density at radius 1 is 0.897 bits per heavy atom. The summed E-state index contributed by atoms with van der Waals surface area (Å²) in [5.74, 6) is 0.998. The first-order valence-electron chi connectivity index (χ1n) is 10.8. The van der Waals surface area contributed by atoms with E-state index in [1.807, 2.05) is 6.20 Å². The van der Waals surface area contributed by atoms with Gasteiger partial charge in [-0.1, -0.05) is 80.6 Å². The molecule has 3 aromatic rings. The number of hydrogen-bond acceptors (Lipinski definition) is 1. The van der Waals surface area contributed by atoms with Gasteiger partial charge in [-0.3, -0.25) is 4.98 Å². The van der Waals surface area contributed by atoms with Crippen molar-refractivity contribution in [2.45, 2.75) is 38.0 Å². The molecule has 0 radical (unpaired) electrons. The van der Waals surface area contributed by atoms with Gasteiger partial charge in [0.2, 0.25) is 0 Å². The SMILES string of the molecule is CCC1c2ccccc2C2(C3=C(C=CC(C)C3)c3ncccc32)c2ccccc21. The van der Waals surface area contributed by atoms with E-state index in [1.165, 1.54) is 44.7 Å². The highest BCUT2D eigenvalue weighted by Crippen LogP contribution is 2.62. The van der Waals surface area contributed by atoms with Crippen molar-refractivity contribution in [3.8, 4) is 0 Å². The smallest absolute Gasteiger partial charge is 0.0749 e. The summed E-state index contributed by atoms with van der Waals surface area (Å²) in [7, 11) is 0. The Labute approximate surface area is 172 Å². The predicted molar refractivity (Wildman–Crippen MR) is 119 cm³/mol. The molecule has 1 unspecified atom stereocenters. The average molecular weight is 376 g/mol. The number of benzene rings is 2. The number of allylic oxidation sites excluding steroid dienone is 4. The van der Waals surface area contributed by atoms with E-state index in [0.29, 0.717) is 11.8 Å². The molecule has 1 aromatic heterocycles. The third kappa shape index (κ3) is 2.03. The molecular weight excluding hydrogens is 350 g/mol. The topological polar surface area (TPSA) is 12.9 Å². The van der Waals surface area contributed by atoms with E-state index >= 15 is 0 Å². The Balaban J connectivity index is 1.81. The molecule has 1 atom stereocenters.